The van der Waals surface area contributed by atoms with Crippen LogP contribution in [0.2, 0.25) is 5.02 Å². The van der Waals surface area contributed by atoms with E-state index in [9.17, 15) is 4.79 Å². The van der Waals surface area contributed by atoms with Crippen LogP contribution < -0.4 is 10.1 Å². The summed E-state index contributed by atoms with van der Waals surface area (Å²) in [6, 6.07) is 12.9. The number of thiophene rings is 1. The van der Waals surface area contributed by atoms with Gasteiger partial charge in [-0.2, -0.15) is 5.10 Å². The summed E-state index contributed by atoms with van der Waals surface area (Å²) in [7, 11) is 3.50. The molecule has 0 saturated carbocycles. The molecule has 0 aliphatic heterocycles. The lowest BCUT2D eigenvalue weighted by atomic mass is 10.1. The van der Waals surface area contributed by atoms with Gasteiger partial charge in [0, 0.05) is 24.2 Å². The minimum atomic E-state index is -0.220. The standard InChI is InChI=1S/C19H15ClN4O2S/c1-24-19-14(17(23-24)11-4-3-5-13(8-11)26-2)9-15(27-19)18(25)22-16-7-6-12(20)10-21-16/h3-10H,1-2H3,(H,21,22,25). The third-order valence-electron chi connectivity index (χ3n) is 4.05. The molecule has 0 radical (unpaired) electrons. The van der Waals surface area contributed by atoms with E-state index in [1.165, 1.54) is 17.5 Å². The molecule has 4 rings (SSSR count). The second kappa shape index (κ2) is 7.02. The third-order valence-corrected chi connectivity index (χ3v) is 5.47. The monoisotopic (exact) mass is 398 g/mol. The molecule has 0 saturated heterocycles. The number of hydrogen-bond acceptors (Lipinski definition) is 5. The number of aromatic nitrogens is 3. The summed E-state index contributed by atoms with van der Waals surface area (Å²) < 4.78 is 7.08. The van der Waals surface area contributed by atoms with Gasteiger partial charge in [0.05, 0.1) is 17.0 Å². The molecule has 3 aromatic heterocycles. The number of halogens is 1. The topological polar surface area (TPSA) is 69.0 Å². The molecule has 6 nitrogen and oxygen atoms in total. The minimum absolute atomic E-state index is 0.220. The van der Waals surface area contributed by atoms with Gasteiger partial charge in [-0.3, -0.25) is 9.48 Å². The number of amides is 1. The van der Waals surface area contributed by atoms with Crippen LogP contribution in [-0.4, -0.2) is 27.8 Å². The van der Waals surface area contributed by atoms with Crippen LogP contribution in [0.1, 0.15) is 9.67 Å². The zero-order chi connectivity index (χ0) is 19.0. The highest BCUT2D eigenvalue weighted by atomic mass is 35.5. The predicted molar refractivity (Wildman–Crippen MR) is 108 cm³/mol. The smallest absolute Gasteiger partial charge is 0.266 e. The lowest BCUT2D eigenvalue weighted by molar-refractivity contribution is 0.103. The molecule has 1 amide bonds. The van der Waals surface area contributed by atoms with Crippen LogP contribution in [0.15, 0.2) is 48.7 Å². The van der Waals surface area contributed by atoms with E-state index < -0.39 is 0 Å². The van der Waals surface area contributed by atoms with Gasteiger partial charge >= 0.3 is 0 Å². The summed E-state index contributed by atoms with van der Waals surface area (Å²) >= 11 is 7.21. The molecule has 8 heteroatoms. The summed E-state index contributed by atoms with van der Waals surface area (Å²) in [5.41, 5.74) is 1.75. The van der Waals surface area contributed by atoms with Crippen LogP contribution in [0.4, 0.5) is 5.82 Å². The fourth-order valence-electron chi connectivity index (χ4n) is 2.76. The number of carbonyl (C=O) groups is 1. The maximum atomic E-state index is 12.6. The summed E-state index contributed by atoms with van der Waals surface area (Å²) in [6.07, 6.45) is 1.49. The number of rotatable bonds is 4. The Labute approximate surface area is 164 Å². The second-order valence-electron chi connectivity index (χ2n) is 5.85. The quantitative estimate of drug-likeness (QED) is 0.545. The van der Waals surface area contributed by atoms with Gasteiger partial charge in [-0.1, -0.05) is 23.7 Å². The molecule has 0 unspecified atom stereocenters. The van der Waals surface area contributed by atoms with Crippen molar-refractivity contribution in [2.45, 2.75) is 0 Å². The number of hydrogen-bond donors (Lipinski definition) is 1. The van der Waals surface area contributed by atoms with Crippen molar-refractivity contribution >= 4 is 44.9 Å². The SMILES string of the molecule is COc1cccc(-c2nn(C)c3sc(C(=O)Nc4ccc(Cl)cn4)cc23)c1. The highest BCUT2D eigenvalue weighted by Crippen LogP contribution is 2.35. The zero-order valence-corrected chi connectivity index (χ0v) is 16.1. The molecule has 4 aromatic rings. The van der Waals surface area contributed by atoms with Crippen LogP contribution in [0.25, 0.3) is 21.5 Å². The molecule has 27 heavy (non-hydrogen) atoms. The highest BCUT2D eigenvalue weighted by molar-refractivity contribution is 7.20. The molecular formula is C19H15ClN4O2S. The number of nitrogens with zero attached hydrogens (tertiary/aromatic N) is 3. The van der Waals surface area contributed by atoms with Crippen molar-refractivity contribution in [2.24, 2.45) is 7.05 Å². The first-order valence-electron chi connectivity index (χ1n) is 8.09. The fraction of sp³-hybridized carbons (Fsp3) is 0.105. The van der Waals surface area contributed by atoms with Gasteiger partial charge in [-0.05, 0) is 30.3 Å². The number of benzene rings is 1. The van der Waals surface area contributed by atoms with Crippen molar-refractivity contribution in [3.05, 3.63) is 58.6 Å². The maximum Gasteiger partial charge on any atom is 0.266 e. The largest absolute Gasteiger partial charge is 0.497 e. The first-order valence-corrected chi connectivity index (χ1v) is 9.28. The Kier molecular flexibility index (Phi) is 4.55. The molecule has 0 aliphatic rings. The zero-order valence-electron chi connectivity index (χ0n) is 14.6. The number of aryl methyl sites for hydroxylation is 1. The van der Waals surface area contributed by atoms with E-state index in [0.717, 1.165) is 27.2 Å². The summed E-state index contributed by atoms with van der Waals surface area (Å²) in [6.45, 7) is 0. The molecule has 1 aromatic carbocycles. The van der Waals surface area contributed by atoms with Crippen LogP contribution in [-0.2, 0) is 7.05 Å². The Balaban J connectivity index is 1.69. The Morgan fingerprint density at radius 3 is 2.85 bits per heavy atom. The highest BCUT2D eigenvalue weighted by Gasteiger charge is 2.18. The van der Waals surface area contributed by atoms with Gasteiger partial charge in [-0.25, -0.2) is 4.98 Å². The molecule has 136 valence electrons. The van der Waals surface area contributed by atoms with E-state index >= 15 is 0 Å². The van der Waals surface area contributed by atoms with E-state index in [2.05, 4.69) is 15.4 Å². The Morgan fingerprint density at radius 1 is 1.26 bits per heavy atom. The normalized spacial score (nSPS) is 10.9. The number of carbonyl (C=O) groups excluding carboxylic acids is 1. The summed E-state index contributed by atoms with van der Waals surface area (Å²) in [5.74, 6) is 0.990. The van der Waals surface area contributed by atoms with Gasteiger partial charge in [0.15, 0.2) is 0 Å². The maximum absolute atomic E-state index is 12.6. The predicted octanol–water partition coefficient (Wildman–Crippen LogP) is 4.61. The van der Waals surface area contributed by atoms with E-state index in [-0.39, 0.29) is 5.91 Å². The van der Waals surface area contributed by atoms with Gasteiger partial charge in [0.1, 0.15) is 22.1 Å². The molecule has 0 aliphatic carbocycles. The van der Waals surface area contributed by atoms with Crippen molar-refractivity contribution < 1.29 is 9.53 Å². The van der Waals surface area contributed by atoms with Crippen LogP contribution in [0.3, 0.4) is 0 Å². The van der Waals surface area contributed by atoms with Crippen molar-refractivity contribution in [2.75, 3.05) is 12.4 Å². The molecule has 1 N–H and O–H groups in total. The van der Waals surface area contributed by atoms with E-state index in [4.69, 9.17) is 16.3 Å². The van der Waals surface area contributed by atoms with E-state index in [1.54, 1.807) is 23.9 Å². The molecule has 0 spiro atoms. The van der Waals surface area contributed by atoms with Crippen LogP contribution in [0.5, 0.6) is 5.75 Å². The Bertz CT molecular complexity index is 1130. The molecular weight excluding hydrogens is 384 g/mol. The average Bonchev–Trinajstić information content (AvgIpc) is 3.24. The third kappa shape index (κ3) is 3.39. The number of anilines is 1. The number of nitrogens with one attached hydrogen (secondary N) is 1. The van der Waals surface area contributed by atoms with Crippen molar-refractivity contribution in [1.82, 2.24) is 14.8 Å². The molecule has 0 fully saturated rings. The van der Waals surface area contributed by atoms with E-state index in [1.807, 2.05) is 37.4 Å². The van der Waals surface area contributed by atoms with Gasteiger partial charge < -0.3 is 10.1 Å². The Hall–Kier alpha value is -2.90. The van der Waals surface area contributed by atoms with Crippen LogP contribution >= 0.6 is 22.9 Å². The van der Waals surface area contributed by atoms with Crippen molar-refractivity contribution in [3.8, 4) is 17.0 Å². The molecule has 0 atom stereocenters. The number of methoxy groups -OCH3 is 1. The van der Waals surface area contributed by atoms with Crippen molar-refractivity contribution in [3.63, 3.8) is 0 Å². The number of ether oxygens (including phenoxy) is 1. The lowest BCUT2D eigenvalue weighted by Gasteiger charge is -2.03. The fourth-order valence-corrected chi connectivity index (χ4v) is 3.84. The van der Waals surface area contributed by atoms with E-state index in [0.29, 0.717) is 15.7 Å². The Morgan fingerprint density at radius 2 is 2.11 bits per heavy atom. The van der Waals surface area contributed by atoms with Gasteiger partial charge in [0.2, 0.25) is 0 Å². The van der Waals surface area contributed by atoms with Gasteiger partial charge in [0.25, 0.3) is 5.91 Å². The summed E-state index contributed by atoms with van der Waals surface area (Å²) in [4.78, 5) is 18.2. The minimum Gasteiger partial charge on any atom is -0.497 e. The van der Waals surface area contributed by atoms with Crippen LogP contribution in [0, 0.1) is 0 Å². The first-order chi connectivity index (χ1) is 13.0. The lowest BCUT2D eigenvalue weighted by Crippen LogP contribution is -2.11. The molecule has 0 bridgehead atoms. The number of fused-ring (bicyclic) bond motifs is 1. The average molecular weight is 399 g/mol. The summed E-state index contributed by atoms with van der Waals surface area (Å²) in [5, 5.41) is 8.83. The van der Waals surface area contributed by atoms with Gasteiger partial charge in [-0.15, -0.1) is 11.3 Å². The second-order valence-corrected chi connectivity index (χ2v) is 7.32. The first kappa shape index (κ1) is 17.5. The molecule has 3 heterocycles. The number of pyridine rings is 1. The van der Waals surface area contributed by atoms with Crippen molar-refractivity contribution in [1.29, 1.82) is 0 Å².